The maximum atomic E-state index is 13.0. The third kappa shape index (κ3) is 3.71. The molecule has 0 saturated carbocycles. The van der Waals surface area contributed by atoms with Gasteiger partial charge < -0.3 is 10.2 Å². The first-order valence-corrected chi connectivity index (χ1v) is 7.45. The Morgan fingerprint density at radius 3 is 2.57 bits per heavy atom. The number of nitrogens with zero attached hydrogens (tertiary/aromatic N) is 2. The normalized spacial score (nSPS) is 15.3. The molecule has 1 aliphatic heterocycles. The number of rotatable bonds is 3. The van der Waals surface area contributed by atoms with Gasteiger partial charge in [0.25, 0.3) is 5.91 Å². The Labute approximate surface area is 140 Å². The monoisotopic (exact) mass is 338 g/mol. The second kappa shape index (κ2) is 7.57. The highest BCUT2D eigenvalue weighted by molar-refractivity contribution is 5.99. The fraction of sp³-hybridized carbons (Fsp3) is 0.375. The van der Waals surface area contributed by atoms with Crippen molar-refractivity contribution in [3.63, 3.8) is 0 Å². The molecule has 23 heavy (non-hydrogen) atoms. The molecule has 5 nitrogen and oxygen atoms in total. The Morgan fingerprint density at radius 1 is 1.30 bits per heavy atom. The molecule has 7 heteroatoms. The highest BCUT2D eigenvalue weighted by atomic mass is 35.5. The number of nitrogens with one attached hydrogen (secondary N) is 2. The molecule has 0 bridgehead atoms. The number of carbonyl (C=O) groups excluding carboxylic acids is 1. The molecule has 124 valence electrons. The Hall–Kier alpha value is -1.92. The van der Waals surface area contributed by atoms with Crippen molar-refractivity contribution in [2.24, 2.45) is 0 Å². The maximum absolute atomic E-state index is 13.0. The maximum Gasteiger partial charge on any atom is 0.257 e. The second-order valence-corrected chi connectivity index (χ2v) is 5.52. The summed E-state index contributed by atoms with van der Waals surface area (Å²) in [5, 5.41) is 10.1. The Bertz CT molecular complexity index is 650. The summed E-state index contributed by atoms with van der Waals surface area (Å²) in [5.74, 6) is -0.326. The van der Waals surface area contributed by atoms with Gasteiger partial charge in [0.05, 0.1) is 17.5 Å². The first-order chi connectivity index (χ1) is 10.7. The van der Waals surface area contributed by atoms with Crippen molar-refractivity contribution in [2.75, 3.05) is 20.1 Å². The summed E-state index contributed by atoms with van der Waals surface area (Å²) in [6.45, 7) is 1.47. The van der Waals surface area contributed by atoms with Crippen molar-refractivity contribution in [1.29, 1.82) is 0 Å². The van der Waals surface area contributed by atoms with Gasteiger partial charge in [-0.1, -0.05) is 0 Å². The Balaban J connectivity index is 0.00000192. The molecule has 1 aromatic heterocycles. The van der Waals surface area contributed by atoms with E-state index in [0.29, 0.717) is 17.3 Å². The summed E-state index contributed by atoms with van der Waals surface area (Å²) in [5.41, 5.74) is 1.93. The predicted octanol–water partition coefficient (Wildman–Crippen LogP) is 2.46. The van der Waals surface area contributed by atoms with Crippen molar-refractivity contribution >= 4 is 18.3 Å². The lowest BCUT2D eigenvalue weighted by Crippen LogP contribution is -2.44. The van der Waals surface area contributed by atoms with Crippen LogP contribution in [0.15, 0.2) is 30.5 Å². The largest absolute Gasteiger partial charge is 0.338 e. The minimum atomic E-state index is -0.301. The fourth-order valence-electron chi connectivity index (χ4n) is 2.83. The zero-order valence-corrected chi connectivity index (χ0v) is 13.7. The van der Waals surface area contributed by atoms with Crippen LogP contribution in [-0.2, 0) is 0 Å². The van der Waals surface area contributed by atoms with E-state index in [1.54, 1.807) is 18.3 Å². The summed E-state index contributed by atoms with van der Waals surface area (Å²) in [6, 6.07) is 6.52. The van der Waals surface area contributed by atoms with Crippen molar-refractivity contribution in [1.82, 2.24) is 20.4 Å². The van der Waals surface area contributed by atoms with Gasteiger partial charge in [0.2, 0.25) is 0 Å². The zero-order chi connectivity index (χ0) is 15.5. The number of benzene rings is 1. The third-order valence-electron chi connectivity index (χ3n) is 4.19. The molecule has 0 spiro atoms. The molecule has 1 amide bonds. The molecule has 1 saturated heterocycles. The number of carbonyl (C=O) groups is 1. The molecule has 1 aromatic carbocycles. The summed E-state index contributed by atoms with van der Waals surface area (Å²) in [7, 11) is 1.95. The molecule has 3 rings (SSSR count). The molecule has 1 fully saturated rings. The average molecular weight is 339 g/mol. The first-order valence-electron chi connectivity index (χ1n) is 7.45. The quantitative estimate of drug-likeness (QED) is 0.903. The summed E-state index contributed by atoms with van der Waals surface area (Å²) < 4.78 is 13.0. The van der Waals surface area contributed by atoms with Crippen molar-refractivity contribution in [3.05, 3.63) is 41.8 Å². The van der Waals surface area contributed by atoms with Crippen LogP contribution in [0.2, 0.25) is 0 Å². The lowest BCUT2D eigenvalue weighted by atomic mass is 10.0. The van der Waals surface area contributed by atoms with Crippen LogP contribution in [0.5, 0.6) is 0 Å². The molecule has 0 aliphatic carbocycles. The van der Waals surface area contributed by atoms with Crippen LogP contribution in [-0.4, -0.2) is 47.2 Å². The lowest BCUT2D eigenvalue weighted by molar-refractivity contribution is 0.0708. The third-order valence-corrected chi connectivity index (χ3v) is 4.19. The van der Waals surface area contributed by atoms with E-state index >= 15 is 0 Å². The molecule has 2 aromatic rings. The van der Waals surface area contributed by atoms with E-state index in [1.807, 2.05) is 11.9 Å². The van der Waals surface area contributed by atoms with Gasteiger partial charge in [-0.25, -0.2) is 4.39 Å². The molecular weight excluding hydrogens is 319 g/mol. The lowest BCUT2D eigenvalue weighted by Gasteiger charge is -2.31. The van der Waals surface area contributed by atoms with E-state index in [1.165, 1.54) is 12.1 Å². The summed E-state index contributed by atoms with van der Waals surface area (Å²) >= 11 is 0. The van der Waals surface area contributed by atoms with Gasteiger partial charge in [-0.3, -0.25) is 9.89 Å². The smallest absolute Gasteiger partial charge is 0.257 e. The second-order valence-electron chi connectivity index (χ2n) is 5.52. The van der Waals surface area contributed by atoms with Crippen LogP contribution < -0.4 is 5.32 Å². The molecule has 0 unspecified atom stereocenters. The highest BCUT2D eigenvalue weighted by Crippen LogP contribution is 2.23. The van der Waals surface area contributed by atoms with Crippen LogP contribution in [0.4, 0.5) is 4.39 Å². The van der Waals surface area contributed by atoms with Crippen LogP contribution in [0, 0.1) is 5.82 Å². The number of aromatic amines is 1. The van der Waals surface area contributed by atoms with Gasteiger partial charge in [0.1, 0.15) is 5.82 Å². The minimum Gasteiger partial charge on any atom is -0.338 e. The number of H-pyrrole nitrogens is 1. The predicted molar refractivity (Wildman–Crippen MR) is 89.2 cm³/mol. The minimum absolute atomic E-state index is 0. The molecule has 2 N–H and O–H groups in total. The summed E-state index contributed by atoms with van der Waals surface area (Å²) in [4.78, 5) is 14.5. The molecule has 2 heterocycles. The SMILES string of the molecule is CNC1CCN(C(=O)c2cn[nH]c2-c2ccc(F)cc2)CC1.Cl. The molecule has 0 radical (unpaired) electrons. The summed E-state index contributed by atoms with van der Waals surface area (Å²) in [6.07, 6.45) is 3.45. The van der Waals surface area contributed by atoms with Crippen LogP contribution in [0.3, 0.4) is 0 Å². The molecule has 1 aliphatic rings. The Kier molecular flexibility index (Phi) is 5.74. The number of hydrogen-bond acceptors (Lipinski definition) is 3. The van der Waals surface area contributed by atoms with Gasteiger partial charge >= 0.3 is 0 Å². The van der Waals surface area contributed by atoms with Gasteiger partial charge in [0, 0.05) is 24.7 Å². The standard InChI is InChI=1S/C16H19FN4O.ClH/c1-18-13-6-8-21(9-7-13)16(22)14-10-19-20-15(14)11-2-4-12(17)5-3-11;/h2-5,10,13,18H,6-9H2,1H3,(H,19,20);1H. The number of hydrogen-bond donors (Lipinski definition) is 2. The average Bonchev–Trinajstić information content (AvgIpc) is 3.04. The zero-order valence-electron chi connectivity index (χ0n) is 12.9. The van der Waals surface area contributed by atoms with Crippen molar-refractivity contribution in [2.45, 2.75) is 18.9 Å². The van der Waals surface area contributed by atoms with E-state index in [9.17, 15) is 9.18 Å². The van der Waals surface area contributed by atoms with Crippen LogP contribution in [0.1, 0.15) is 23.2 Å². The number of piperidine rings is 1. The van der Waals surface area contributed by atoms with Gasteiger partial charge in [-0.15, -0.1) is 12.4 Å². The first kappa shape index (κ1) is 17.4. The number of aromatic nitrogens is 2. The van der Waals surface area contributed by atoms with Crippen LogP contribution >= 0.6 is 12.4 Å². The highest BCUT2D eigenvalue weighted by Gasteiger charge is 2.25. The van der Waals surface area contributed by atoms with Gasteiger partial charge in [0.15, 0.2) is 0 Å². The molecular formula is C16H20ClFN4O. The topological polar surface area (TPSA) is 61.0 Å². The van der Waals surface area contributed by atoms with Crippen molar-refractivity contribution in [3.8, 4) is 11.3 Å². The van der Waals surface area contributed by atoms with Crippen LogP contribution in [0.25, 0.3) is 11.3 Å². The van der Waals surface area contributed by atoms with E-state index < -0.39 is 0 Å². The van der Waals surface area contributed by atoms with E-state index in [-0.39, 0.29) is 24.1 Å². The molecule has 0 atom stereocenters. The van der Waals surface area contributed by atoms with Gasteiger partial charge in [-0.05, 0) is 44.2 Å². The number of amides is 1. The fourth-order valence-corrected chi connectivity index (χ4v) is 2.83. The van der Waals surface area contributed by atoms with E-state index in [4.69, 9.17) is 0 Å². The number of halogens is 2. The van der Waals surface area contributed by atoms with Crippen molar-refractivity contribution < 1.29 is 9.18 Å². The van der Waals surface area contributed by atoms with Gasteiger partial charge in [-0.2, -0.15) is 5.10 Å². The van der Waals surface area contributed by atoms with E-state index in [0.717, 1.165) is 31.5 Å². The van der Waals surface area contributed by atoms with E-state index in [2.05, 4.69) is 15.5 Å². The Morgan fingerprint density at radius 2 is 1.96 bits per heavy atom. The number of likely N-dealkylation sites (tertiary alicyclic amines) is 1.